The number of thiazole rings is 1. The standard InChI is InChI=1S/C51H78N6O7S/c1-14-35(8)46(56(11)51(61)44(32(2)3)54-49(60)45(33(4)5)55(10)31-38-22-24-39(25-23-38)64-34(6)7)42(62-12)30-43(58)57-27-18-21-41(57)47(63-13)36(9)48(59)53-40(50-52-26-28-65-50)29-37-19-16-15-17-20-37/h15-17,19-20,22-26,28,32-36,40-42,44-47H,14,18,21,27,29-31H2,1-13H3,(H,53,59)(H,54,60)/t35-,36+,40-,41-,42+,44-,45-,46-,47+/m0/s1. The van der Waals surface area contributed by atoms with E-state index in [9.17, 15) is 19.2 Å². The summed E-state index contributed by atoms with van der Waals surface area (Å²) in [6.45, 7) is 18.9. The van der Waals surface area contributed by atoms with E-state index in [1.54, 1.807) is 32.4 Å². The zero-order chi connectivity index (χ0) is 48.0. The van der Waals surface area contributed by atoms with Gasteiger partial charge < -0.3 is 34.6 Å². The van der Waals surface area contributed by atoms with Crippen LogP contribution in [0, 0.1) is 23.7 Å². The number of carbonyl (C=O) groups is 4. The van der Waals surface area contributed by atoms with Crippen LogP contribution < -0.4 is 15.4 Å². The van der Waals surface area contributed by atoms with E-state index in [-0.39, 0.29) is 66.0 Å². The summed E-state index contributed by atoms with van der Waals surface area (Å²) >= 11 is 1.50. The van der Waals surface area contributed by atoms with Crippen LogP contribution in [-0.2, 0) is 41.6 Å². The lowest BCUT2D eigenvalue weighted by Gasteiger charge is -2.41. The summed E-state index contributed by atoms with van der Waals surface area (Å²) < 4.78 is 18.0. The number of hydrogen-bond donors (Lipinski definition) is 2. The Balaban J connectivity index is 1.47. The fourth-order valence-corrected chi connectivity index (χ4v) is 10.1. The van der Waals surface area contributed by atoms with Crippen molar-refractivity contribution in [2.75, 3.05) is 34.9 Å². The van der Waals surface area contributed by atoms with Crippen molar-refractivity contribution in [1.82, 2.24) is 30.3 Å². The summed E-state index contributed by atoms with van der Waals surface area (Å²) in [5.74, 6) is -0.800. The highest BCUT2D eigenvalue weighted by molar-refractivity contribution is 7.09. The van der Waals surface area contributed by atoms with E-state index in [2.05, 4.69) is 29.5 Å². The zero-order valence-electron chi connectivity index (χ0n) is 41.3. The van der Waals surface area contributed by atoms with E-state index in [0.29, 0.717) is 25.9 Å². The van der Waals surface area contributed by atoms with E-state index >= 15 is 0 Å². The summed E-state index contributed by atoms with van der Waals surface area (Å²) in [7, 11) is 6.87. The van der Waals surface area contributed by atoms with Gasteiger partial charge in [-0.2, -0.15) is 0 Å². The van der Waals surface area contributed by atoms with Crippen molar-refractivity contribution in [3.8, 4) is 5.75 Å². The molecule has 0 saturated carbocycles. The van der Waals surface area contributed by atoms with Crippen molar-refractivity contribution >= 4 is 35.0 Å². The number of nitrogens with one attached hydrogen (secondary N) is 2. The lowest BCUT2D eigenvalue weighted by Crippen LogP contribution is -2.60. The second-order valence-corrected chi connectivity index (χ2v) is 19.8. The minimum atomic E-state index is -0.810. The van der Waals surface area contributed by atoms with Gasteiger partial charge in [-0.15, -0.1) is 11.3 Å². The molecular weight excluding hydrogens is 841 g/mol. The maximum Gasteiger partial charge on any atom is 0.245 e. The maximum absolute atomic E-state index is 14.7. The predicted octanol–water partition coefficient (Wildman–Crippen LogP) is 7.55. The minimum Gasteiger partial charge on any atom is -0.491 e. The second kappa shape index (κ2) is 25.5. The fraction of sp³-hybridized carbons (Fsp3) is 0.627. The Hall–Kier alpha value is -4.37. The molecule has 360 valence electrons. The SMILES string of the molecule is CC[C@H](C)[C@@H]([C@@H](CC(=O)N1CCC[C@H]1[C@H](OC)[C@@H](C)C(=O)N[C@@H](Cc1ccccc1)c1nccs1)OC)N(C)C(=O)[C@@H](NC(=O)[C@H](C(C)C)N(C)Cc1ccc(OC(C)C)cc1)C(C)C. The molecule has 0 radical (unpaired) electrons. The quantitative estimate of drug-likeness (QED) is 0.0882. The van der Waals surface area contributed by atoms with E-state index in [4.69, 9.17) is 14.2 Å². The van der Waals surface area contributed by atoms with Gasteiger partial charge in [0, 0.05) is 45.9 Å². The molecule has 0 bridgehead atoms. The normalized spacial score (nSPS) is 17.9. The highest BCUT2D eigenvalue weighted by atomic mass is 32.1. The van der Waals surface area contributed by atoms with Crippen molar-refractivity contribution < 1.29 is 33.4 Å². The fourth-order valence-electron chi connectivity index (χ4n) is 9.38. The first-order valence-electron chi connectivity index (χ1n) is 23.5. The first-order chi connectivity index (χ1) is 30.9. The van der Waals surface area contributed by atoms with Crippen LogP contribution in [0.25, 0.3) is 0 Å². The van der Waals surface area contributed by atoms with Gasteiger partial charge in [0.2, 0.25) is 23.6 Å². The molecule has 3 aromatic rings. The molecule has 9 atom stereocenters. The summed E-state index contributed by atoms with van der Waals surface area (Å²) in [5.41, 5.74) is 2.13. The molecule has 1 fully saturated rings. The number of rotatable bonds is 25. The average Bonchev–Trinajstić information content (AvgIpc) is 3.99. The molecule has 1 aromatic heterocycles. The molecule has 1 saturated heterocycles. The molecule has 2 aromatic carbocycles. The first-order valence-corrected chi connectivity index (χ1v) is 24.4. The van der Waals surface area contributed by atoms with Crippen LogP contribution in [0.2, 0.25) is 0 Å². The molecule has 2 N–H and O–H groups in total. The first kappa shape index (κ1) is 53.2. The molecular formula is C51H78N6O7S. The number of likely N-dealkylation sites (tertiary alicyclic amines) is 1. The molecule has 0 unspecified atom stereocenters. The Kier molecular flexibility index (Phi) is 20.9. The number of hydrogen-bond acceptors (Lipinski definition) is 10. The Bertz CT molecular complexity index is 1910. The van der Waals surface area contributed by atoms with Crippen molar-refractivity contribution in [2.45, 2.75) is 149 Å². The highest BCUT2D eigenvalue weighted by Gasteiger charge is 2.43. The smallest absolute Gasteiger partial charge is 0.245 e. The van der Waals surface area contributed by atoms with Gasteiger partial charge in [-0.3, -0.25) is 24.1 Å². The summed E-state index contributed by atoms with van der Waals surface area (Å²) in [5, 5.41) is 9.13. The number of carbonyl (C=O) groups excluding carboxylic acids is 4. The number of amides is 4. The topological polar surface area (TPSA) is 143 Å². The minimum absolute atomic E-state index is 0.0311. The van der Waals surface area contributed by atoms with E-state index in [0.717, 1.165) is 34.7 Å². The number of likely N-dealkylation sites (N-methyl/N-ethyl adjacent to an activating group) is 2. The molecule has 0 spiro atoms. The Labute approximate surface area is 393 Å². The van der Waals surface area contributed by atoms with Gasteiger partial charge in [-0.1, -0.05) is 97.4 Å². The summed E-state index contributed by atoms with van der Waals surface area (Å²) in [4.78, 5) is 67.4. The Morgan fingerprint density at radius 1 is 0.862 bits per heavy atom. The number of aromatic nitrogens is 1. The Morgan fingerprint density at radius 3 is 2.09 bits per heavy atom. The van der Waals surface area contributed by atoms with E-state index in [1.807, 2.05) is 125 Å². The Morgan fingerprint density at radius 2 is 1.54 bits per heavy atom. The number of methoxy groups -OCH3 is 2. The zero-order valence-corrected chi connectivity index (χ0v) is 42.1. The molecule has 2 heterocycles. The van der Waals surface area contributed by atoms with Crippen molar-refractivity contribution in [2.24, 2.45) is 23.7 Å². The maximum atomic E-state index is 14.7. The molecule has 4 amide bonds. The van der Waals surface area contributed by atoms with Crippen molar-refractivity contribution in [3.63, 3.8) is 0 Å². The van der Waals surface area contributed by atoms with Crippen LogP contribution in [0.15, 0.2) is 66.2 Å². The summed E-state index contributed by atoms with van der Waals surface area (Å²) in [6, 6.07) is 15.5. The third kappa shape index (κ3) is 14.6. The van der Waals surface area contributed by atoms with Crippen molar-refractivity contribution in [1.29, 1.82) is 0 Å². The third-order valence-corrected chi connectivity index (χ3v) is 13.8. The van der Waals surface area contributed by atoms with Crippen LogP contribution in [0.3, 0.4) is 0 Å². The molecule has 0 aliphatic carbocycles. The van der Waals surface area contributed by atoms with Gasteiger partial charge in [-0.25, -0.2) is 4.98 Å². The van der Waals surface area contributed by atoms with Gasteiger partial charge in [-0.05, 0) is 81.2 Å². The molecule has 1 aliphatic rings. The van der Waals surface area contributed by atoms with Crippen LogP contribution >= 0.6 is 11.3 Å². The highest BCUT2D eigenvalue weighted by Crippen LogP contribution is 2.31. The van der Waals surface area contributed by atoms with E-state index < -0.39 is 36.3 Å². The lowest BCUT2D eigenvalue weighted by atomic mass is 9.89. The third-order valence-electron chi connectivity index (χ3n) is 12.9. The van der Waals surface area contributed by atoms with Crippen LogP contribution in [0.5, 0.6) is 5.75 Å². The van der Waals surface area contributed by atoms with Crippen LogP contribution in [-0.4, -0.2) is 121 Å². The number of ether oxygens (including phenoxy) is 3. The average molecular weight is 919 g/mol. The van der Waals surface area contributed by atoms with Gasteiger partial charge in [0.1, 0.15) is 16.8 Å². The van der Waals surface area contributed by atoms with Gasteiger partial charge in [0.05, 0.1) is 54.8 Å². The summed E-state index contributed by atoms with van der Waals surface area (Å²) in [6.07, 6.45) is 3.44. The van der Waals surface area contributed by atoms with Gasteiger partial charge in [0.15, 0.2) is 0 Å². The number of nitrogens with zero attached hydrogens (tertiary/aromatic N) is 4. The molecule has 14 heteroatoms. The second-order valence-electron chi connectivity index (χ2n) is 18.9. The van der Waals surface area contributed by atoms with Crippen molar-refractivity contribution in [3.05, 3.63) is 82.3 Å². The largest absolute Gasteiger partial charge is 0.491 e. The molecule has 1 aliphatic heterocycles. The molecule has 13 nitrogen and oxygen atoms in total. The van der Waals surface area contributed by atoms with Gasteiger partial charge in [0.25, 0.3) is 0 Å². The molecule has 4 rings (SSSR count). The lowest BCUT2D eigenvalue weighted by molar-refractivity contribution is -0.148. The monoisotopic (exact) mass is 919 g/mol. The predicted molar refractivity (Wildman–Crippen MR) is 258 cm³/mol. The van der Waals surface area contributed by atoms with E-state index in [1.165, 1.54) is 11.3 Å². The van der Waals surface area contributed by atoms with Gasteiger partial charge >= 0.3 is 0 Å². The molecule has 65 heavy (non-hydrogen) atoms. The van der Waals surface area contributed by atoms with Crippen LogP contribution in [0.4, 0.5) is 0 Å². The van der Waals surface area contributed by atoms with Crippen LogP contribution in [0.1, 0.15) is 110 Å². The number of benzene rings is 2.